The van der Waals surface area contributed by atoms with Crippen LogP contribution >= 0.6 is 11.3 Å². The summed E-state index contributed by atoms with van der Waals surface area (Å²) in [6, 6.07) is 14.1. The molecule has 0 atom stereocenters. The van der Waals surface area contributed by atoms with Crippen LogP contribution in [0.1, 0.15) is 15.9 Å². The van der Waals surface area contributed by atoms with Gasteiger partial charge < -0.3 is 4.57 Å². The fourth-order valence-electron chi connectivity index (χ4n) is 2.80. The van der Waals surface area contributed by atoms with Crippen molar-refractivity contribution in [3.63, 3.8) is 0 Å². The molecule has 0 aliphatic heterocycles. The number of carbonyl (C=O) groups is 1. The number of rotatable bonds is 4. The number of nitrogens with zero attached hydrogens (tertiary/aromatic N) is 3. The molecular formula is C21H17FN4OS. The third-order valence-electron chi connectivity index (χ3n) is 4.35. The summed E-state index contributed by atoms with van der Waals surface area (Å²) in [5, 5.41) is 3.21. The van der Waals surface area contributed by atoms with Crippen molar-refractivity contribution < 1.29 is 9.18 Å². The Morgan fingerprint density at radius 3 is 2.64 bits per heavy atom. The number of aryl methyl sites for hydroxylation is 2. The van der Waals surface area contributed by atoms with Crippen LogP contribution in [0.15, 0.2) is 60.9 Å². The lowest BCUT2D eigenvalue weighted by Crippen LogP contribution is -2.12. The predicted octanol–water partition coefficient (Wildman–Crippen LogP) is 4.91. The minimum atomic E-state index is -0.412. The molecule has 0 radical (unpaired) electrons. The molecular weight excluding hydrogens is 375 g/mol. The monoisotopic (exact) mass is 392 g/mol. The molecule has 1 amide bonds. The number of benzene rings is 2. The molecule has 2 heterocycles. The maximum absolute atomic E-state index is 13.8. The van der Waals surface area contributed by atoms with Gasteiger partial charge in [-0.05, 0) is 24.6 Å². The normalized spacial score (nSPS) is 10.8. The fraction of sp³-hybridized carbons (Fsp3) is 0.0952. The van der Waals surface area contributed by atoms with Crippen molar-refractivity contribution in [2.75, 3.05) is 5.32 Å². The maximum Gasteiger partial charge on any atom is 0.257 e. The zero-order valence-corrected chi connectivity index (χ0v) is 16.1. The summed E-state index contributed by atoms with van der Waals surface area (Å²) in [5.41, 5.74) is 2.41. The molecule has 0 aliphatic carbocycles. The zero-order chi connectivity index (χ0) is 19.7. The number of thiazole rings is 1. The van der Waals surface area contributed by atoms with Crippen LogP contribution in [0.3, 0.4) is 0 Å². The van der Waals surface area contributed by atoms with Crippen LogP contribution in [0, 0.1) is 12.7 Å². The van der Waals surface area contributed by atoms with E-state index in [0.29, 0.717) is 10.7 Å². The van der Waals surface area contributed by atoms with Crippen molar-refractivity contribution in [2.45, 2.75) is 6.92 Å². The molecule has 0 fully saturated rings. The van der Waals surface area contributed by atoms with E-state index in [4.69, 9.17) is 0 Å². The molecule has 0 aliphatic rings. The summed E-state index contributed by atoms with van der Waals surface area (Å²) in [6.45, 7) is 1.66. The first-order valence-corrected chi connectivity index (χ1v) is 9.46. The summed E-state index contributed by atoms with van der Waals surface area (Å²) in [7, 11) is 1.91. The van der Waals surface area contributed by atoms with Crippen molar-refractivity contribution >= 4 is 22.4 Å². The van der Waals surface area contributed by atoms with Crippen molar-refractivity contribution in [2.24, 2.45) is 7.05 Å². The van der Waals surface area contributed by atoms with E-state index in [-0.39, 0.29) is 5.56 Å². The molecule has 4 rings (SSSR count). The van der Waals surface area contributed by atoms with Crippen LogP contribution in [0.2, 0.25) is 0 Å². The first kappa shape index (κ1) is 18.1. The molecule has 140 valence electrons. The van der Waals surface area contributed by atoms with Gasteiger partial charge in [0.2, 0.25) is 0 Å². The minimum absolute atomic E-state index is 0.248. The van der Waals surface area contributed by atoms with Crippen LogP contribution in [0.4, 0.5) is 9.52 Å². The van der Waals surface area contributed by atoms with E-state index >= 15 is 0 Å². The largest absolute Gasteiger partial charge is 0.333 e. The lowest BCUT2D eigenvalue weighted by molar-refractivity contribution is 0.102. The fourth-order valence-corrected chi connectivity index (χ4v) is 3.83. The quantitative estimate of drug-likeness (QED) is 0.537. The second-order valence-corrected chi connectivity index (χ2v) is 7.34. The average molecular weight is 392 g/mol. The van der Waals surface area contributed by atoms with Gasteiger partial charge in [-0.3, -0.25) is 10.1 Å². The predicted molar refractivity (Wildman–Crippen MR) is 109 cm³/mol. The smallest absolute Gasteiger partial charge is 0.257 e. The van der Waals surface area contributed by atoms with E-state index in [9.17, 15) is 9.18 Å². The number of hydrogen-bond acceptors (Lipinski definition) is 4. The number of imidazole rings is 1. The van der Waals surface area contributed by atoms with Crippen LogP contribution in [-0.2, 0) is 7.05 Å². The van der Waals surface area contributed by atoms with Gasteiger partial charge >= 0.3 is 0 Å². The Kier molecular flexibility index (Phi) is 4.75. The molecule has 2 aromatic heterocycles. The molecule has 28 heavy (non-hydrogen) atoms. The first-order chi connectivity index (χ1) is 13.5. The molecule has 0 unspecified atom stereocenters. The third-order valence-corrected chi connectivity index (χ3v) is 5.32. The lowest BCUT2D eigenvalue weighted by Gasteiger charge is -2.03. The third kappa shape index (κ3) is 3.44. The Hall–Kier alpha value is -3.32. The van der Waals surface area contributed by atoms with Crippen molar-refractivity contribution in [3.8, 4) is 22.0 Å². The Morgan fingerprint density at radius 1 is 1.18 bits per heavy atom. The first-order valence-electron chi connectivity index (χ1n) is 8.64. The van der Waals surface area contributed by atoms with Crippen LogP contribution in [0.25, 0.3) is 22.0 Å². The summed E-state index contributed by atoms with van der Waals surface area (Å²) in [5.74, 6) is -0.0534. The van der Waals surface area contributed by atoms with Gasteiger partial charge in [0.25, 0.3) is 5.91 Å². The van der Waals surface area contributed by atoms with Gasteiger partial charge in [-0.15, -0.1) is 0 Å². The summed E-state index contributed by atoms with van der Waals surface area (Å²) in [4.78, 5) is 22.4. The van der Waals surface area contributed by atoms with E-state index in [1.54, 1.807) is 25.3 Å². The molecule has 5 nitrogen and oxygen atoms in total. The number of amides is 1. The van der Waals surface area contributed by atoms with E-state index < -0.39 is 11.7 Å². The van der Waals surface area contributed by atoms with Gasteiger partial charge in [0, 0.05) is 30.6 Å². The van der Waals surface area contributed by atoms with E-state index in [1.807, 2.05) is 48.1 Å². The molecule has 0 saturated heterocycles. The van der Waals surface area contributed by atoms with Crippen molar-refractivity contribution in [1.82, 2.24) is 14.5 Å². The number of nitrogens with one attached hydrogen (secondary N) is 1. The molecule has 7 heteroatoms. The van der Waals surface area contributed by atoms with Gasteiger partial charge in [-0.1, -0.05) is 47.7 Å². The highest BCUT2D eigenvalue weighted by Gasteiger charge is 2.19. The molecule has 1 N–H and O–H groups in total. The number of hydrogen-bond donors (Lipinski definition) is 1. The van der Waals surface area contributed by atoms with Gasteiger partial charge in [-0.2, -0.15) is 0 Å². The summed E-state index contributed by atoms with van der Waals surface area (Å²) >= 11 is 1.34. The van der Waals surface area contributed by atoms with Gasteiger partial charge in [0.15, 0.2) is 11.0 Å². The standard InChI is InChI=1S/C21H17FN4OS/c1-13-8-9-15(12-16(13)22)20(27)25-21-24-17(14-6-4-3-5-7-14)18(28-21)19-23-10-11-26(19)2/h3-12H,1-2H3,(H,24,25,27). The lowest BCUT2D eigenvalue weighted by atomic mass is 10.1. The van der Waals surface area contributed by atoms with Crippen LogP contribution in [-0.4, -0.2) is 20.4 Å². The minimum Gasteiger partial charge on any atom is -0.333 e. The number of anilines is 1. The van der Waals surface area contributed by atoms with Crippen LogP contribution < -0.4 is 5.32 Å². The highest BCUT2D eigenvalue weighted by Crippen LogP contribution is 2.38. The summed E-state index contributed by atoms with van der Waals surface area (Å²) in [6.07, 6.45) is 3.58. The second kappa shape index (κ2) is 7.36. The number of aromatic nitrogens is 3. The van der Waals surface area contributed by atoms with Crippen molar-refractivity contribution in [3.05, 3.63) is 77.9 Å². The Morgan fingerprint density at radius 2 is 1.96 bits per heavy atom. The SMILES string of the molecule is Cc1ccc(C(=O)Nc2nc(-c3ccccc3)c(-c3nccn3C)s2)cc1F. The Balaban J connectivity index is 1.72. The Labute approximate surface area is 165 Å². The Bertz CT molecular complexity index is 1150. The van der Waals surface area contributed by atoms with Gasteiger partial charge in [-0.25, -0.2) is 14.4 Å². The molecule has 0 saturated carbocycles. The molecule has 4 aromatic rings. The zero-order valence-electron chi connectivity index (χ0n) is 15.3. The van der Waals surface area contributed by atoms with Gasteiger partial charge in [0.1, 0.15) is 5.82 Å². The van der Waals surface area contributed by atoms with Crippen molar-refractivity contribution in [1.29, 1.82) is 0 Å². The van der Waals surface area contributed by atoms with E-state index in [2.05, 4.69) is 15.3 Å². The molecule has 0 bridgehead atoms. The highest BCUT2D eigenvalue weighted by molar-refractivity contribution is 7.19. The average Bonchev–Trinajstić information content (AvgIpc) is 3.30. The van der Waals surface area contributed by atoms with E-state index in [1.165, 1.54) is 17.4 Å². The van der Waals surface area contributed by atoms with Crippen LogP contribution in [0.5, 0.6) is 0 Å². The number of carbonyl (C=O) groups excluding carboxylic acids is 1. The second-order valence-electron chi connectivity index (χ2n) is 6.34. The molecule has 0 spiro atoms. The number of halogens is 1. The molecule has 2 aromatic carbocycles. The van der Waals surface area contributed by atoms with E-state index in [0.717, 1.165) is 22.0 Å². The maximum atomic E-state index is 13.8. The van der Waals surface area contributed by atoms with Gasteiger partial charge in [0.05, 0.1) is 10.6 Å². The topological polar surface area (TPSA) is 59.8 Å². The highest BCUT2D eigenvalue weighted by atomic mass is 32.1. The summed E-state index contributed by atoms with van der Waals surface area (Å²) < 4.78 is 15.7.